The molecule has 0 aliphatic heterocycles. The van der Waals surface area contributed by atoms with Gasteiger partial charge in [-0.3, -0.25) is 9.59 Å². The summed E-state index contributed by atoms with van der Waals surface area (Å²) < 4.78 is 0. The predicted octanol–water partition coefficient (Wildman–Crippen LogP) is 1.54. The van der Waals surface area contributed by atoms with Crippen molar-refractivity contribution in [3.63, 3.8) is 0 Å². The van der Waals surface area contributed by atoms with Gasteiger partial charge in [0.2, 0.25) is 5.91 Å². The van der Waals surface area contributed by atoms with Crippen molar-refractivity contribution in [3.8, 4) is 0 Å². The summed E-state index contributed by atoms with van der Waals surface area (Å²) in [6, 6.07) is 1.74. The van der Waals surface area contributed by atoms with Crippen LogP contribution < -0.4 is 10.6 Å². The second-order valence-electron chi connectivity index (χ2n) is 5.45. The Kier molecular flexibility index (Phi) is 6.20. The number of carbonyl (C=O) groups is 2. The van der Waals surface area contributed by atoms with Crippen LogP contribution in [0.5, 0.6) is 0 Å². The van der Waals surface area contributed by atoms with Crippen LogP contribution in [0.3, 0.4) is 0 Å². The Bertz CT molecular complexity index is 461. The van der Waals surface area contributed by atoms with Crippen LogP contribution in [0.15, 0.2) is 16.8 Å². The molecule has 0 saturated heterocycles. The van der Waals surface area contributed by atoms with Gasteiger partial charge in [0.15, 0.2) is 0 Å². The highest BCUT2D eigenvalue weighted by atomic mass is 32.1. The Hall–Kier alpha value is -1.40. The molecule has 1 saturated carbocycles. The van der Waals surface area contributed by atoms with Crippen LogP contribution in [0, 0.1) is 5.92 Å². The molecule has 0 bridgehead atoms. The molecule has 1 heterocycles. The summed E-state index contributed by atoms with van der Waals surface area (Å²) in [6.45, 7) is 0.0789. The lowest BCUT2D eigenvalue weighted by Crippen LogP contribution is -2.45. The summed E-state index contributed by atoms with van der Waals surface area (Å²) in [6.07, 6.45) is 5.17. The summed E-state index contributed by atoms with van der Waals surface area (Å²) in [5.74, 6) is -0.293. The number of amides is 2. The summed E-state index contributed by atoms with van der Waals surface area (Å²) in [4.78, 5) is 23.7. The number of hydrogen-bond acceptors (Lipinski definition) is 4. The van der Waals surface area contributed by atoms with E-state index < -0.39 is 0 Å². The maximum atomic E-state index is 12.0. The number of aliphatic hydroxyl groups is 1. The van der Waals surface area contributed by atoms with Crippen molar-refractivity contribution >= 4 is 23.2 Å². The Morgan fingerprint density at radius 2 is 2.10 bits per heavy atom. The smallest absolute Gasteiger partial charge is 0.252 e. The highest BCUT2D eigenvalue weighted by Crippen LogP contribution is 2.23. The van der Waals surface area contributed by atoms with Crippen LogP contribution in [0.25, 0.3) is 0 Å². The predicted molar refractivity (Wildman–Crippen MR) is 82.2 cm³/mol. The van der Waals surface area contributed by atoms with Crippen molar-refractivity contribution in [1.29, 1.82) is 0 Å². The third-order valence-electron chi connectivity index (χ3n) is 3.93. The first kappa shape index (κ1) is 16.0. The maximum absolute atomic E-state index is 12.0. The van der Waals surface area contributed by atoms with Crippen molar-refractivity contribution in [2.75, 3.05) is 13.2 Å². The molecule has 1 aromatic heterocycles. The summed E-state index contributed by atoms with van der Waals surface area (Å²) in [7, 11) is 0. The van der Waals surface area contributed by atoms with E-state index in [1.165, 1.54) is 11.3 Å². The maximum Gasteiger partial charge on any atom is 0.252 e. The Balaban J connectivity index is 1.79. The first-order chi connectivity index (χ1) is 10.2. The molecule has 1 fully saturated rings. The monoisotopic (exact) mass is 310 g/mol. The minimum atomic E-state index is -0.231. The van der Waals surface area contributed by atoms with Crippen molar-refractivity contribution in [2.24, 2.45) is 5.92 Å². The molecule has 3 N–H and O–H groups in total. The first-order valence-electron chi connectivity index (χ1n) is 7.41. The highest BCUT2D eigenvalue weighted by Gasteiger charge is 2.24. The third-order valence-corrected chi connectivity index (χ3v) is 4.62. The second kappa shape index (κ2) is 8.14. The molecule has 1 aliphatic rings. The first-order valence-corrected chi connectivity index (χ1v) is 8.35. The zero-order valence-corrected chi connectivity index (χ0v) is 12.8. The van der Waals surface area contributed by atoms with Gasteiger partial charge < -0.3 is 15.7 Å². The van der Waals surface area contributed by atoms with Crippen molar-refractivity contribution < 1.29 is 14.7 Å². The molecule has 0 radical (unpaired) electrons. The SMILES string of the molecule is O=C(CNC(=O)c1ccsc1)NC1CCCCCC1CO. The lowest BCUT2D eigenvalue weighted by atomic mass is 9.95. The molecular formula is C15H22N2O3S. The largest absolute Gasteiger partial charge is 0.396 e. The number of nitrogens with one attached hydrogen (secondary N) is 2. The van der Waals surface area contributed by atoms with Gasteiger partial charge in [0.05, 0.1) is 6.54 Å². The lowest BCUT2D eigenvalue weighted by molar-refractivity contribution is -0.121. The van der Waals surface area contributed by atoms with Gasteiger partial charge in [-0.1, -0.05) is 19.3 Å². The van der Waals surface area contributed by atoms with E-state index in [9.17, 15) is 14.7 Å². The number of rotatable bonds is 5. The van der Waals surface area contributed by atoms with E-state index in [1.807, 2.05) is 5.38 Å². The quantitative estimate of drug-likeness (QED) is 0.722. The molecule has 1 aromatic rings. The van der Waals surface area contributed by atoms with Crippen LogP contribution >= 0.6 is 11.3 Å². The molecule has 1 aliphatic carbocycles. The normalized spacial score (nSPS) is 22.3. The number of aliphatic hydroxyl groups excluding tert-OH is 1. The highest BCUT2D eigenvalue weighted by molar-refractivity contribution is 7.08. The summed E-state index contributed by atoms with van der Waals surface area (Å²) in [5, 5.41) is 18.6. The molecular weight excluding hydrogens is 288 g/mol. The van der Waals surface area contributed by atoms with Crippen molar-refractivity contribution in [3.05, 3.63) is 22.4 Å². The van der Waals surface area contributed by atoms with Crippen LogP contribution in [0.4, 0.5) is 0 Å². The summed E-state index contributed by atoms with van der Waals surface area (Å²) >= 11 is 1.45. The molecule has 2 unspecified atom stereocenters. The topological polar surface area (TPSA) is 78.4 Å². The van der Waals surface area contributed by atoms with Crippen LogP contribution in [0.2, 0.25) is 0 Å². The minimum Gasteiger partial charge on any atom is -0.396 e. The Morgan fingerprint density at radius 1 is 1.29 bits per heavy atom. The average Bonchev–Trinajstić information content (AvgIpc) is 2.93. The number of thiophene rings is 1. The van der Waals surface area contributed by atoms with Gasteiger partial charge >= 0.3 is 0 Å². The average molecular weight is 310 g/mol. The van der Waals surface area contributed by atoms with Gasteiger partial charge in [0.25, 0.3) is 5.91 Å². The van der Waals surface area contributed by atoms with E-state index in [0.29, 0.717) is 5.56 Å². The van der Waals surface area contributed by atoms with E-state index in [-0.39, 0.29) is 36.9 Å². The van der Waals surface area contributed by atoms with Crippen molar-refractivity contribution in [2.45, 2.75) is 38.1 Å². The van der Waals surface area contributed by atoms with Gasteiger partial charge in [-0.2, -0.15) is 11.3 Å². The Labute approximate surface area is 128 Å². The van der Waals surface area contributed by atoms with Crippen LogP contribution in [0.1, 0.15) is 42.5 Å². The molecule has 0 aromatic carbocycles. The zero-order chi connectivity index (χ0) is 15.1. The third kappa shape index (κ3) is 4.82. The second-order valence-corrected chi connectivity index (χ2v) is 6.23. The lowest BCUT2D eigenvalue weighted by Gasteiger charge is -2.24. The fraction of sp³-hybridized carbons (Fsp3) is 0.600. The fourth-order valence-electron chi connectivity index (χ4n) is 2.71. The molecule has 0 spiro atoms. The number of carbonyl (C=O) groups excluding carboxylic acids is 2. The fourth-order valence-corrected chi connectivity index (χ4v) is 3.34. The van der Waals surface area contributed by atoms with Crippen LogP contribution in [-0.4, -0.2) is 36.1 Å². The van der Waals surface area contributed by atoms with Crippen LogP contribution in [-0.2, 0) is 4.79 Å². The van der Waals surface area contributed by atoms with E-state index in [2.05, 4.69) is 10.6 Å². The van der Waals surface area contributed by atoms with E-state index in [1.54, 1.807) is 11.4 Å². The van der Waals surface area contributed by atoms with Gasteiger partial charge in [-0.05, 0) is 24.3 Å². The zero-order valence-electron chi connectivity index (χ0n) is 12.0. The van der Waals surface area contributed by atoms with Gasteiger partial charge in [-0.15, -0.1) is 0 Å². The van der Waals surface area contributed by atoms with E-state index in [4.69, 9.17) is 0 Å². The standard InChI is InChI=1S/C15H22N2O3S/c18-9-11-4-2-1-3-5-13(11)17-14(19)8-16-15(20)12-6-7-21-10-12/h6-7,10-11,13,18H,1-5,8-9H2,(H,16,20)(H,17,19). The van der Waals surface area contributed by atoms with Crippen molar-refractivity contribution in [1.82, 2.24) is 10.6 Å². The molecule has 2 amide bonds. The summed E-state index contributed by atoms with van der Waals surface area (Å²) in [5.41, 5.74) is 0.579. The molecule has 2 atom stereocenters. The molecule has 5 nitrogen and oxygen atoms in total. The van der Waals surface area contributed by atoms with E-state index >= 15 is 0 Å². The Morgan fingerprint density at radius 3 is 2.81 bits per heavy atom. The van der Waals surface area contributed by atoms with Gasteiger partial charge in [0.1, 0.15) is 0 Å². The molecule has 21 heavy (non-hydrogen) atoms. The van der Waals surface area contributed by atoms with Gasteiger partial charge in [-0.25, -0.2) is 0 Å². The number of hydrogen-bond donors (Lipinski definition) is 3. The van der Waals surface area contributed by atoms with E-state index in [0.717, 1.165) is 32.1 Å². The van der Waals surface area contributed by atoms with Gasteiger partial charge in [0, 0.05) is 29.5 Å². The molecule has 6 heteroatoms. The molecule has 2 rings (SSSR count). The molecule has 116 valence electrons. The minimum absolute atomic E-state index is 0.0167.